The molecule has 0 aliphatic carbocycles. The van der Waals surface area contributed by atoms with E-state index >= 15 is 0 Å². The Balaban J connectivity index is 2.72. The second-order valence-corrected chi connectivity index (χ2v) is 10.6. The Morgan fingerprint density at radius 3 is 1.98 bits per heavy atom. The summed E-state index contributed by atoms with van der Waals surface area (Å²) in [6.07, 6.45) is -0.426. The van der Waals surface area contributed by atoms with Gasteiger partial charge in [0.2, 0.25) is 6.79 Å². The average molecular weight is 563 g/mol. The van der Waals surface area contributed by atoms with Crippen LogP contribution in [0, 0.1) is 15.5 Å². The van der Waals surface area contributed by atoms with Crippen LogP contribution in [0.1, 0.15) is 59.9 Å². The van der Waals surface area contributed by atoms with Gasteiger partial charge in [0.05, 0.1) is 71.3 Å². The number of carbonyl (C=O) groups is 3. The largest absolute Gasteiger partial charge is 0.466 e. The second-order valence-electron chi connectivity index (χ2n) is 10.6. The van der Waals surface area contributed by atoms with Gasteiger partial charge in [-0.1, -0.05) is 12.1 Å². The van der Waals surface area contributed by atoms with Crippen LogP contribution in [-0.4, -0.2) is 62.2 Å². The lowest BCUT2D eigenvalue weighted by molar-refractivity contribution is -0.384. The number of carbonyl (C=O) groups excluding carboxylic acids is 3. The SMILES string of the molecule is COC(=O)C1=C(COC(C)C)NC(COC(C)C)=C(C(=O)OCOC(=O)C(C)(C)C)C1c1cccc([N+](=O)[O-])c1. The number of esters is 3. The lowest BCUT2D eigenvalue weighted by atomic mass is 9.80. The van der Waals surface area contributed by atoms with Crippen molar-refractivity contribution >= 4 is 23.6 Å². The lowest BCUT2D eigenvalue weighted by Gasteiger charge is -2.32. The molecule has 0 saturated heterocycles. The number of nitro groups is 1. The number of hydrogen-bond acceptors (Lipinski definition) is 11. The molecule has 1 unspecified atom stereocenters. The van der Waals surface area contributed by atoms with Gasteiger partial charge in [0.25, 0.3) is 5.69 Å². The van der Waals surface area contributed by atoms with Crippen LogP contribution in [0.25, 0.3) is 0 Å². The van der Waals surface area contributed by atoms with Gasteiger partial charge in [-0.05, 0) is 54.0 Å². The van der Waals surface area contributed by atoms with E-state index in [2.05, 4.69) is 5.32 Å². The molecule has 1 aliphatic heterocycles. The third-order valence-corrected chi connectivity index (χ3v) is 5.68. The fourth-order valence-corrected chi connectivity index (χ4v) is 3.71. The molecule has 0 spiro atoms. The average Bonchev–Trinajstić information content (AvgIpc) is 2.88. The van der Waals surface area contributed by atoms with Gasteiger partial charge in [-0.15, -0.1) is 0 Å². The molecule has 0 saturated carbocycles. The number of methoxy groups -OCH3 is 1. The van der Waals surface area contributed by atoms with E-state index in [1.54, 1.807) is 26.8 Å². The summed E-state index contributed by atoms with van der Waals surface area (Å²) in [5, 5.41) is 14.7. The summed E-state index contributed by atoms with van der Waals surface area (Å²) in [6, 6.07) is 5.58. The summed E-state index contributed by atoms with van der Waals surface area (Å²) in [7, 11) is 1.19. The van der Waals surface area contributed by atoms with Crippen molar-refractivity contribution in [1.82, 2.24) is 5.32 Å². The van der Waals surface area contributed by atoms with Crippen molar-refractivity contribution in [3.63, 3.8) is 0 Å². The molecule has 2 rings (SSSR count). The molecule has 12 nitrogen and oxygen atoms in total. The summed E-state index contributed by atoms with van der Waals surface area (Å²) in [6.45, 7) is 11.4. The minimum atomic E-state index is -1.16. The molecule has 220 valence electrons. The number of rotatable bonds is 12. The molecule has 12 heteroatoms. The topological polar surface area (TPSA) is 153 Å². The first kappa shape index (κ1) is 32.4. The van der Waals surface area contributed by atoms with Crippen LogP contribution in [0.3, 0.4) is 0 Å². The third-order valence-electron chi connectivity index (χ3n) is 5.68. The second kappa shape index (κ2) is 14.0. The fourth-order valence-electron chi connectivity index (χ4n) is 3.71. The van der Waals surface area contributed by atoms with E-state index in [-0.39, 0.29) is 53.5 Å². The first-order chi connectivity index (χ1) is 18.7. The van der Waals surface area contributed by atoms with Gasteiger partial charge < -0.3 is 29.0 Å². The predicted octanol–water partition coefficient (Wildman–Crippen LogP) is 3.90. The number of nitrogens with zero attached hydrogens (tertiary/aromatic N) is 1. The summed E-state index contributed by atoms with van der Waals surface area (Å²) >= 11 is 0. The monoisotopic (exact) mass is 562 g/mol. The highest BCUT2D eigenvalue weighted by Crippen LogP contribution is 2.40. The summed E-state index contributed by atoms with van der Waals surface area (Å²) in [4.78, 5) is 50.0. The molecule has 1 aliphatic rings. The van der Waals surface area contributed by atoms with E-state index in [0.29, 0.717) is 5.70 Å². The van der Waals surface area contributed by atoms with Crippen molar-refractivity contribution in [3.05, 3.63) is 62.5 Å². The zero-order valence-corrected chi connectivity index (χ0v) is 24.2. The first-order valence-corrected chi connectivity index (χ1v) is 12.8. The molecule has 0 amide bonds. The van der Waals surface area contributed by atoms with Gasteiger partial charge in [0.1, 0.15) is 0 Å². The molecule has 1 atom stereocenters. The molecule has 0 fully saturated rings. The van der Waals surface area contributed by atoms with Gasteiger partial charge in [0.15, 0.2) is 0 Å². The number of ether oxygens (including phenoxy) is 5. The maximum absolute atomic E-state index is 13.6. The predicted molar refractivity (Wildman–Crippen MR) is 144 cm³/mol. The van der Waals surface area contributed by atoms with Crippen LogP contribution < -0.4 is 5.32 Å². The molecule has 0 aromatic heterocycles. The summed E-state index contributed by atoms with van der Waals surface area (Å²) < 4.78 is 27.1. The molecule has 0 radical (unpaired) electrons. The molecule has 1 aromatic carbocycles. The number of nitro benzene ring substituents is 1. The van der Waals surface area contributed by atoms with E-state index in [0.717, 1.165) is 0 Å². The fraction of sp³-hybridized carbons (Fsp3) is 0.536. The minimum absolute atomic E-state index is 0.00980. The first-order valence-electron chi connectivity index (χ1n) is 12.8. The number of nitrogens with one attached hydrogen (secondary N) is 1. The van der Waals surface area contributed by atoms with Crippen LogP contribution in [0.2, 0.25) is 0 Å². The van der Waals surface area contributed by atoms with Gasteiger partial charge in [-0.25, -0.2) is 9.59 Å². The van der Waals surface area contributed by atoms with Crippen molar-refractivity contribution < 1.29 is 43.0 Å². The maximum Gasteiger partial charge on any atom is 0.339 e. The standard InChI is InChI=1S/C28H38N2O10/c1-16(2)37-13-20-23(25(31)36-8)22(18-10-9-11-19(12-18)30(34)35)24(21(29-20)14-38-17(3)4)26(32)39-15-40-27(33)28(5,6)7/h9-12,16-17,22,29H,13-15H2,1-8H3. The molecule has 0 bridgehead atoms. The van der Waals surface area contributed by atoms with E-state index < -0.39 is 41.0 Å². The van der Waals surface area contributed by atoms with Crippen molar-refractivity contribution in [2.45, 2.75) is 66.6 Å². The Hall–Kier alpha value is -3.77. The molecule has 1 N–H and O–H groups in total. The highest BCUT2D eigenvalue weighted by atomic mass is 16.7. The molecular weight excluding hydrogens is 524 g/mol. The van der Waals surface area contributed by atoms with Gasteiger partial charge in [-0.2, -0.15) is 0 Å². The van der Waals surface area contributed by atoms with Crippen molar-refractivity contribution in [2.24, 2.45) is 5.41 Å². The highest BCUT2D eigenvalue weighted by molar-refractivity contribution is 6.00. The van der Waals surface area contributed by atoms with E-state index in [1.807, 2.05) is 27.7 Å². The normalized spacial score (nSPS) is 15.7. The molecular formula is C28H38N2O10. The van der Waals surface area contributed by atoms with Crippen LogP contribution in [0.15, 0.2) is 46.8 Å². The minimum Gasteiger partial charge on any atom is -0.466 e. The Labute approximate surface area is 233 Å². The number of dihydropyridines is 1. The molecule has 40 heavy (non-hydrogen) atoms. The van der Waals surface area contributed by atoms with Gasteiger partial charge in [0, 0.05) is 12.1 Å². The Bertz CT molecular complexity index is 1180. The maximum atomic E-state index is 13.6. The van der Waals surface area contributed by atoms with Crippen molar-refractivity contribution in [2.75, 3.05) is 27.1 Å². The van der Waals surface area contributed by atoms with Crippen molar-refractivity contribution in [3.8, 4) is 0 Å². The Kier molecular flexibility index (Phi) is 11.4. The number of benzene rings is 1. The summed E-state index contributed by atoms with van der Waals surface area (Å²) in [5.74, 6) is -3.44. The third kappa shape index (κ3) is 8.62. The highest BCUT2D eigenvalue weighted by Gasteiger charge is 2.40. The number of hydrogen-bond donors (Lipinski definition) is 1. The van der Waals surface area contributed by atoms with Gasteiger partial charge in [-0.3, -0.25) is 14.9 Å². The van der Waals surface area contributed by atoms with E-state index in [4.69, 9.17) is 23.7 Å². The van der Waals surface area contributed by atoms with Crippen LogP contribution in [0.4, 0.5) is 5.69 Å². The van der Waals surface area contributed by atoms with Crippen LogP contribution in [0.5, 0.6) is 0 Å². The molecule has 1 aromatic rings. The summed E-state index contributed by atoms with van der Waals surface area (Å²) in [5.41, 5.74) is -0.294. The molecule has 1 heterocycles. The lowest BCUT2D eigenvalue weighted by Crippen LogP contribution is -2.37. The van der Waals surface area contributed by atoms with Gasteiger partial charge >= 0.3 is 17.9 Å². The smallest absolute Gasteiger partial charge is 0.339 e. The zero-order chi connectivity index (χ0) is 30.2. The van der Waals surface area contributed by atoms with Crippen molar-refractivity contribution in [1.29, 1.82) is 0 Å². The Morgan fingerprint density at radius 1 is 0.950 bits per heavy atom. The van der Waals surface area contributed by atoms with E-state index in [1.165, 1.54) is 25.3 Å². The number of non-ortho nitro benzene ring substituents is 1. The van der Waals surface area contributed by atoms with Crippen LogP contribution in [-0.2, 0) is 38.1 Å². The Morgan fingerprint density at radius 2 is 1.50 bits per heavy atom. The van der Waals surface area contributed by atoms with E-state index in [9.17, 15) is 24.5 Å². The quantitative estimate of drug-likeness (QED) is 0.171. The van der Waals surface area contributed by atoms with Crippen LogP contribution >= 0.6 is 0 Å². The zero-order valence-electron chi connectivity index (χ0n) is 24.2.